The fraction of sp³-hybridized carbons (Fsp3) is 0.143. The molecular weight excluding hydrogens is 194 g/mol. The van der Waals surface area contributed by atoms with Crippen LogP contribution in [0.15, 0.2) is 28.7 Å². The van der Waals surface area contributed by atoms with Gasteiger partial charge in [-0.3, -0.25) is 5.73 Å². The van der Waals surface area contributed by atoms with Gasteiger partial charge in [0.1, 0.15) is 12.5 Å². The minimum atomic E-state index is 0.224. The first-order valence-corrected chi connectivity index (χ1v) is 3.70. The largest absolute Gasteiger partial charge is 0.479 e. The highest BCUT2D eigenvalue weighted by molar-refractivity contribution is 9.10. The molecule has 0 spiro atoms. The van der Waals surface area contributed by atoms with Gasteiger partial charge in [-0.25, -0.2) is 0 Å². The molecule has 2 nitrogen and oxygen atoms in total. The Labute approximate surface area is 68.1 Å². The molecule has 0 amide bonds. The van der Waals surface area contributed by atoms with Crippen molar-refractivity contribution in [3.63, 3.8) is 0 Å². The second-order valence-corrected chi connectivity index (χ2v) is 2.68. The van der Waals surface area contributed by atoms with Crippen LogP contribution in [0, 0.1) is 0 Å². The molecule has 1 aromatic carbocycles. The minimum absolute atomic E-state index is 0.224. The molecule has 0 saturated carbocycles. The molecule has 0 atom stereocenters. The van der Waals surface area contributed by atoms with Gasteiger partial charge < -0.3 is 4.74 Å². The number of benzene rings is 1. The smallest absolute Gasteiger partial charge is 0.137 e. The Balaban J connectivity index is 2.69. The van der Waals surface area contributed by atoms with Crippen molar-refractivity contribution in [1.82, 2.24) is 0 Å². The SMILES string of the molecule is NCOc1ccc(Br)cc1. The average molecular weight is 202 g/mol. The summed E-state index contributed by atoms with van der Waals surface area (Å²) in [6.07, 6.45) is 0. The average Bonchev–Trinajstić information content (AvgIpc) is 1.95. The van der Waals surface area contributed by atoms with Gasteiger partial charge in [0.2, 0.25) is 0 Å². The van der Waals surface area contributed by atoms with E-state index in [1.807, 2.05) is 24.3 Å². The lowest BCUT2D eigenvalue weighted by Crippen LogP contribution is -2.06. The van der Waals surface area contributed by atoms with E-state index >= 15 is 0 Å². The molecule has 0 bridgehead atoms. The zero-order valence-electron chi connectivity index (χ0n) is 5.38. The molecular formula is C7H8BrNO. The van der Waals surface area contributed by atoms with E-state index in [2.05, 4.69) is 15.9 Å². The maximum atomic E-state index is 5.16. The zero-order chi connectivity index (χ0) is 7.40. The number of ether oxygens (including phenoxy) is 1. The zero-order valence-corrected chi connectivity index (χ0v) is 6.97. The monoisotopic (exact) mass is 201 g/mol. The summed E-state index contributed by atoms with van der Waals surface area (Å²) in [7, 11) is 0. The summed E-state index contributed by atoms with van der Waals surface area (Å²) in [6.45, 7) is 0.224. The quantitative estimate of drug-likeness (QED) is 0.741. The molecule has 0 radical (unpaired) electrons. The van der Waals surface area contributed by atoms with Crippen molar-refractivity contribution in [2.75, 3.05) is 6.73 Å². The van der Waals surface area contributed by atoms with E-state index in [0.717, 1.165) is 10.2 Å². The maximum Gasteiger partial charge on any atom is 0.137 e. The van der Waals surface area contributed by atoms with Crippen LogP contribution in [-0.2, 0) is 0 Å². The van der Waals surface area contributed by atoms with Crippen molar-refractivity contribution >= 4 is 15.9 Å². The summed E-state index contributed by atoms with van der Waals surface area (Å²) >= 11 is 3.31. The van der Waals surface area contributed by atoms with E-state index in [1.54, 1.807) is 0 Å². The first-order valence-electron chi connectivity index (χ1n) is 2.91. The highest BCUT2D eigenvalue weighted by atomic mass is 79.9. The topological polar surface area (TPSA) is 35.2 Å². The van der Waals surface area contributed by atoms with E-state index < -0.39 is 0 Å². The van der Waals surface area contributed by atoms with E-state index in [0.29, 0.717) is 0 Å². The van der Waals surface area contributed by atoms with E-state index in [4.69, 9.17) is 10.5 Å². The summed E-state index contributed by atoms with van der Waals surface area (Å²) in [4.78, 5) is 0. The summed E-state index contributed by atoms with van der Waals surface area (Å²) in [6, 6.07) is 7.53. The third-order valence-electron chi connectivity index (χ3n) is 1.06. The third kappa shape index (κ3) is 2.01. The van der Waals surface area contributed by atoms with Crippen LogP contribution in [0.4, 0.5) is 0 Å². The van der Waals surface area contributed by atoms with Crippen molar-refractivity contribution in [3.05, 3.63) is 28.7 Å². The number of halogens is 1. The van der Waals surface area contributed by atoms with Crippen molar-refractivity contribution in [3.8, 4) is 5.75 Å². The lowest BCUT2D eigenvalue weighted by atomic mass is 10.3. The van der Waals surface area contributed by atoms with Crippen molar-refractivity contribution < 1.29 is 4.74 Å². The van der Waals surface area contributed by atoms with Gasteiger partial charge in [0.25, 0.3) is 0 Å². The van der Waals surface area contributed by atoms with Gasteiger partial charge in [0, 0.05) is 4.47 Å². The number of nitrogens with two attached hydrogens (primary N) is 1. The van der Waals surface area contributed by atoms with Crippen LogP contribution in [0.25, 0.3) is 0 Å². The van der Waals surface area contributed by atoms with Gasteiger partial charge in [-0.1, -0.05) is 15.9 Å². The fourth-order valence-electron chi connectivity index (χ4n) is 0.627. The lowest BCUT2D eigenvalue weighted by Gasteiger charge is -2.00. The Morgan fingerprint density at radius 3 is 2.40 bits per heavy atom. The highest BCUT2D eigenvalue weighted by Gasteiger charge is 1.89. The molecule has 1 rings (SSSR count). The number of rotatable bonds is 2. The molecule has 10 heavy (non-hydrogen) atoms. The normalized spacial score (nSPS) is 9.40. The molecule has 1 aromatic rings. The van der Waals surface area contributed by atoms with Gasteiger partial charge in [0.15, 0.2) is 0 Å². The summed E-state index contributed by atoms with van der Waals surface area (Å²) in [5.41, 5.74) is 5.16. The van der Waals surface area contributed by atoms with Crippen LogP contribution in [0.2, 0.25) is 0 Å². The Hall–Kier alpha value is -0.540. The molecule has 0 heterocycles. The van der Waals surface area contributed by atoms with Crippen LogP contribution in [0.3, 0.4) is 0 Å². The van der Waals surface area contributed by atoms with Gasteiger partial charge in [-0.15, -0.1) is 0 Å². The van der Waals surface area contributed by atoms with Gasteiger partial charge in [-0.05, 0) is 24.3 Å². The van der Waals surface area contributed by atoms with Gasteiger partial charge >= 0.3 is 0 Å². The molecule has 0 aliphatic heterocycles. The predicted octanol–water partition coefficient (Wildman–Crippen LogP) is 1.74. The first-order chi connectivity index (χ1) is 4.83. The molecule has 0 saturated heterocycles. The molecule has 0 aromatic heterocycles. The molecule has 0 aliphatic carbocycles. The Morgan fingerprint density at radius 1 is 1.30 bits per heavy atom. The maximum absolute atomic E-state index is 5.16. The number of hydrogen-bond donors (Lipinski definition) is 1. The highest BCUT2D eigenvalue weighted by Crippen LogP contribution is 2.15. The van der Waals surface area contributed by atoms with E-state index in [9.17, 15) is 0 Å². The van der Waals surface area contributed by atoms with Crippen molar-refractivity contribution in [2.45, 2.75) is 0 Å². The van der Waals surface area contributed by atoms with Crippen LogP contribution >= 0.6 is 15.9 Å². The standard InChI is InChI=1S/C7H8BrNO/c8-6-1-3-7(4-2-6)10-5-9/h1-4H,5,9H2. The molecule has 3 heteroatoms. The van der Waals surface area contributed by atoms with Crippen LogP contribution in [0.5, 0.6) is 5.75 Å². The Kier molecular flexibility index (Phi) is 2.71. The van der Waals surface area contributed by atoms with Crippen LogP contribution in [-0.4, -0.2) is 6.73 Å². The molecule has 0 fully saturated rings. The van der Waals surface area contributed by atoms with E-state index in [-0.39, 0.29) is 6.73 Å². The Bertz CT molecular complexity index is 197. The van der Waals surface area contributed by atoms with Gasteiger partial charge in [-0.2, -0.15) is 0 Å². The summed E-state index contributed by atoms with van der Waals surface area (Å²) < 4.78 is 6.06. The Morgan fingerprint density at radius 2 is 1.90 bits per heavy atom. The van der Waals surface area contributed by atoms with Crippen LogP contribution in [0.1, 0.15) is 0 Å². The minimum Gasteiger partial charge on any atom is -0.479 e. The van der Waals surface area contributed by atoms with Crippen molar-refractivity contribution in [1.29, 1.82) is 0 Å². The molecule has 0 unspecified atom stereocenters. The second kappa shape index (κ2) is 3.58. The van der Waals surface area contributed by atoms with Crippen LogP contribution < -0.4 is 10.5 Å². The molecule has 2 N–H and O–H groups in total. The third-order valence-corrected chi connectivity index (χ3v) is 1.59. The number of hydrogen-bond acceptors (Lipinski definition) is 2. The fourth-order valence-corrected chi connectivity index (χ4v) is 0.891. The molecule has 54 valence electrons. The van der Waals surface area contributed by atoms with Gasteiger partial charge in [0.05, 0.1) is 0 Å². The first kappa shape index (κ1) is 7.57. The summed E-state index contributed by atoms with van der Waals surface area (Å²) in [5.74, 6) is 0.797. The lowest BCUT2D eigenvalue weighted by molar-refractivity contribution is 0.329. The second-order valence-electron chi connectivity index (χ2n) is 1.76. The predicted molar refractivity (Wildman–Crippen MR) is 43.8 cm³/mol. The molecule has 0 aliphatic rings. The van der Waals surface area contributed by atoms with Crippen molar-refractivity contribution in [2.24, 2.45) is 5.73 Å². The summed E-state index contributed by atoms with van der Waals surface area (Å²) in [5, 5.41) is 0. The van der Waals surface area contributed by atoms with E-state index in [1.165, 1.54) is 0 Å².